The van der Waals surface area contributed by atoms with E-state index in [9.17, 15) is 13.6 Å². The van der Waals surface area contributed by atoms with E-state index in [-0.39, 0.29) is 18.7 Å². The number of amides is 1. The predicted molar refractivity (Wildman–Crippen MR) is 58.1 cm³/mol. The highest BCUT2D eigenvalue weighted by molar-refractivity contribution is 5.80. The van der Waals surface area contributed by atoms with Gasteiger partial charge in [0.15, 0.2) is 0 Å². The van der Waals surface area contributed by atoms with Crippen LogP contribution in [0, 0.1) is 11.6 Å². The summed E-state index contributed by atoms with van der Waals surface area (Å²) in [6, 6.07) is 3.05. The summed E-state index contributed by atoms with van der Waals surface area (Å²) >= 11 is 0. The summed E-state index contributed by atoms with van der Waals surface area (Å²) in [6.07, 6.45) is -0.786. The van der Waals surface area contributed by atoms with Crippen LogP contribution in [0.4, 0.5) is 8.78 Å². The van der Waals surface area contributed by atoms with Gasteiger partial charge >= 0.3 is 0 Å². The van der Waals surface area contributed by atoms with Crippen molar-refractivity contribution in [1.82, 2.24) is 5.32 Å². The third kappa shape index (κ3) is 3.76. The van der Waals surface area contributed by atoms with E-state index in [4.69, 9.17) is 10.5 Å². The third-order valence-electron chi connectivity index (χ3n) is 2.25. The lowest BCUT2D eigenvalue weighted by molar-refractivity contribution is -0.130. The maximum atomic E-state index is 13.2. The van der Waals surface area contributed by atoms with Gasteiger partial charge in [0.05, 0.1) is 0 Å². The summed E-state index contributed by atoms with van der Waals surface area (Å²) in [5, 5.41) is 2.42. The number of hydrogen-bond donors (Lipinski definition) is 2. The Morgan fingerprint density at radius 2 is 2.24 bits per heavy atom. The number of methoxy groups -OCH3 is 1. The van der Waals surface area contributed by atoms with Crippen molar-refractivity contribution in [2.24, 2.45) is 5.73 Å². The van der Waals surface area contributed by atoms with Gasteiger partial charge in [-0.25, -0.2) is 8.78 Å². The van der Waals surface area contributed by atoms with Gasteiger partial charge in [0.25, 0.3) is 5.91 Å². The van der Waals surface area contributed by atoms with Crippen molar-refractivity contribution in [3.8, 4) is 0 Å². The second-order valence-electron chi connectivity index (χ2n) is 3.41. The summed E-state index contributed by atoms with van der Waals surface area (Å²) in [4.78, 5) is 11.4. The topological polar surface area (TPSA) is 64.3 Å². The van der Waals surface area contributed by atoms with Crippen molar-refractivity contribution in [2.75, 3.05) is 13.7 Å². The van der Waals surface area contributed by atoms with E-state index in [1.807, 2.05) is 0 Å². The van der Waals surface area contributed by atoms with Gasteiger partial charge in [0.1, 0.15) is 17.7 Å². The lowest BCUT2D eigenvalue weighted by Crippen LogP contribution is -2.40. The number of carbonyl (C=O) groups excluding carboxylic acids is 1. The molecule has 0 heterocycles. The number of ether oxygens (including phenoxy) is 1. The van der Waals surface area contributed by atoms with Crippen LogP contribution in [0.25, 0.3) is 0 Å². The van der Waals surface area contributed by atoms with Gasteiger partial charge < -0.3 is 15.8 Å². The fourth-order valence-corrected chi connectivity index (χ4v) is 1.29. The molecule has 0 aliphatic heterocycles. The van der Waals surface area contributed by atoms with Gasteiger partial charge in [-0.15, -0.1) is 0 Å². The van der Waals surface area contributed by atoms with Gasteiger partial charge in [-0.2, -0.15) is 0 Å². The minimum absolute atomic E-state index is 0.0218. The number of benzene rings is 1. The molecular weight excluding hydrogens is 230 g/mol. The molecule has 94 valence electrons. The summed E-state index contributed by atoms with van der Waals surface area (Å²) in [6.45, 7) is -0.0871. The lowest BCUT2D eigenvalue weighted by atomic mass is 10.2. The van der Waals surface area contributed by atoms with E-state index in [0.29, 0.717) is 0 Å². The Morgan fingerprint density at radius 1 is 1.53 bits per heavy atom. The van der Waals surface area contributed by atoms with Crippen LogP contribution in [0.15, 0.2) is 18.2 Å². The highest BCUT2D eigenvalue weighted by atomic mass is 19.1. The van der Waals surface area contributed by atoms with E-state index in [2.05, 4.69) is 5.32 Å². The van der Waals surface area contributed by atoms with Gasteiger partial charge in [-0.3, -0.25) is 4.79 Å². The van der Waals surface area contributed by atoms with E-state index in [0.717, 1.165) is 18.2 Å². The molecule has 0 saturated carbocycles. The Bertz CT molecular complexity index is 395. The van der Waals surface area contributed by atoms with Crippen LogP contribution >= 0.6 is 0 Å². The SMILES string of the molecule is COC(CN)C(=O)NCc1cc(F)ccc1F. The molecule has 1 amide bonds. The first-order valence-electron chi connectivity index (χ1n) is 5.03. The first-order chi connectivity index (χ1) is 8.08. The van der Waals surface area contributed by atoms with E-state index in [1.54, 1.807) is 0 Å². The van der Waals surface area contributed by atoms with E-state index >= 15 is 0 Å². The Balaban J connectivity index is 2.61. The van der Waals surface area contributed by atoms with Crippen LogP contribution in [0.5, 0.6) is 0 Å². The molecule has 1 aromatic rings. The molecule has 0 spiro atoms. The molecule has 1 unspecified atom stereocenters. The maximum absolute atomic E-state index is 13.2. The molecule has 6 heteroatoms. The molecule has 1 atom stereocenters. The fraction of sp³-hybridized carbons (Fsp3) is 0.364. The molecule has 4 nitrogen and oxygen atoms in total. The zero-order valence-electron chi connectivity index (χ0n) is 9.37. The van der Waals surface area contributed by atoms with Crippen molar-refractivity contribution >= 4 is 5.91 Å². The fourth-order valence-electron chi connectivity index (χ4n) is 1.29. The maximum Gasteiger partial charge on any atom is 0.250 e. The second kappa shape index (κ2) is 6.27. The van der Waals surface area contributed by atoms with Gasteiger partial charge in [-0.05, 0) is 18.2 Å². The Hall–Kier alpha value is -1.53. The third-order valence-corrected chi connectivity index (χ3v) is 2.25. The quantitative estimate of drug-likeness (QED) is 0.795. The number of hydrogen-bond acceptors (Lipinski definition) is 3. The first-order valence-corrected chi connectivity index (χ1v) is 5.03. The summed E-state index contributed by atoms with van der Waals surface area (Å²) in [7, 11) is 1.35. The van der Waals surface area contributed by atoms with Crippen LogP contribution in [-0.4, -0.2) is 25.7 Å². The summed E-state index contributed by atoms with van der Waals surface area (Å²) in [5.41, 5.74) is 5.36. The molecule has 17 heavy (non-hydrogen) atoms. The molecule has 0 saturated heterocycles. The van der Waals surface area contributed by atoms with E-state index in [1.165, 1.54) is 7.11 Å². The van der Waals surface area contributed by atoms with Crippen LogP contribution in [0.2, 0.25) is 0 Å². The van der Waals surface area contributed by atoms with Gasteiger partial charge in [0.2, 0.25) is 0 Å². The molecule has 0 aliphatic carbocycles. The normalized spacial score (nSPS) is 12.2. The van der Waals surface area contributed by atoms with Crippen molar-refractivity contribution in [1.29, 1.82) is 0 Å². The number of nitrogens with one attached hydrogen (secondary N) is 1. The number of carbonyl (C=O) groups is 1. The summed E-state index contributed by atoms with van der Waals surface area (Å²) in [5.74, 6) is -1.59. The predicted octanol–water partition coefficient (Wildman–Crippen LogP) is 0.555. The van der Waals surface area contributed by atoms with Crippen LogP contribution in [-0.2, 0) is 16.1 Å². The van der Waals surface area contributed by atoms with E-state index < -0.39 is 23.6 Å². The molecule has 0 aliphatic rings. The van der Waals surface area contributed by atoms with Crippen LogP contribution in [0.3, 0.4) is 0 Å². The van der Waals surface area contributed by atoms with Crippen molar-refractivity contribution in [2.45, 2.75) is 12.6 Å². The Kier molecular flexibility index (Phi) is 4.99. The second-order valence-corrected chi connectivity index (χ2v) is 3.41. The highest BCUT2D eigenvalue weighted by Crippen LogP contribution is 2.09. The molecule has 0 radical (unpaired) electrons. The average molecular weight is 244 g/mol. The van der Waals surface area contributed by atoms with Crippen molar-refractivity contribution in [3.63, 3.8) is 0 Å². The monoisotopic (exact) mass is 244 g/mol. The smallest absolute Gasteiger partial charge is 0.250 e. The molecule has 0 aromatic heterocycles. The lowest BCUT2D eigenvalue weighted by Gasteiger charge is -2.13. The largest absolute Gasteiger partial charge is 0.370 e. The van der Waals surface area contributed by atoms with Gasteiger partial charge in [-0.1, -0.05) is 0 Å². The van der Waals surface area contributed by atoms with Gasteiger partial charge in [0, 0.05) is 25.8 Å². The molecular formula is C11H14F2N2O2. The number of halogens is 2. The number of nitrogens with two attached hydrogens (primary N) is 1. The summed E-state index contributed by atoms with van der Waals surface area (Å²) < 4.78 is 30.8. The minimum Gasteiger partial charge on any atom is -0.370 e. The minimum atomic E-state index is -0.786. The van der Waals surface area contributed by atoms with Crippen molar-refractivity contribution < 1.29 is 18.3 Å². The van der Waals surface area contributed by atoms with Crippen molar-refractivity contribution in [3.05, 3.63) is 35.4 Å². The molecule has 1 aromatic carbocycles. The zero-order chi connectivity index (χ0) is 12.8. The molecule has 3 N–H and O–H groups in total. The molecule has 1 rings (SSSR count). The van der Waals surface area contributed by atoms with Crippen LogP contribution in [0.1, 0.15) is 5.56 Å². The standard InChI is InChI=1S/C11H14F2N2O2/c1-17-10(5-14)11(16)15-6-7-4-8(12)2-3-9(7)13/h2-4,10H,5-6,14H2,1H3,(H,15,16). The molecule has 0 bridgehead atoms. The van der Waals surface area contributed by atoms with Crippen LogP contribution < -0.4 is 11.1 Å². The average Bonchev–Trinajstić information content (AvgIpc) is 2.32. The first kappa shape index (κ1) is 13.5. The zero-order valence-corrected chi connectivity index (χ0v) is 9.37. The Labute approximate surface area is 97.8 Å². The number of rotatable bonds is 5. The Morgan fingerprint density at radius 3 is 2.82 bits per heavy atom. The highest BCUT2D eigenvalue weighted by Gasteiger charge is 2.15. The molecule has 0 fully saturated rings.